The fourth-order valence-electron chi connectivity index (χ4n) is 3.97. The summed E-state index contributed by atoms with van der Waals surface area (Å²) in [6, 6.07) is 9.19. The van der Waals surface area contributed by atoms with Crippen LogP contribution in [0.4, 0.5) is 5.69 Å². The number of hydrogen-bond acceptors (Lipinski definition) is 2. The lowest BCUT2D eigenvalue weighted by atomic mass is 9.75. The Morgan fingerprint density at radius 2 is 1.96 bits per heavy atom. The third-order valence-electron chi connectivity index (χ3n) is 5.15. The number of piperidine rings is 1. The molecule has 1 aromatic carbocycles. The zero-order valence-corrected chi connectivity index (χ0v) is 14.6. The zero-order chi connectivity index (χ0) is 16.7. The molecule has 0 aliphatic carbocycles. The van der Waals surface area contributed by atoms with Crippen LogP contribution in [0.25, 0.3) is 0 Å². The molecule has 0 radical (unpaired) electrons. The Labute approximate surface area is 150 Å². The van der Waals surface area contributed by atoms with Crippen LogP contribution >= 0.6 is 23.2 Å². The number of nitrogens with two attached hydrogens (primary N) is 1. The molecule has 2 N–H and O–H groups in total. The SMILES string of the molecule is O=C(c1ccnc(Cl)c1)N1CC2(CC[NH2+]CC2)c2cc(Cl)ccc21. The van der Waals surface area contributed by atoms with Gasteiger partial charge in [0.1, 0.15) is 5.15 Å². The predicted molar refractivity (Wildman–Crippen MR) is 94.9 cm³/mol. The van der Waals surface area contributed by atoms with Crippen molar-refractivity contribution in [1.82, 2.24) is 4.98 Å². The average Bonchev–Trinajstić information content (AvgIpc) is 2.88. The number of hydrogen-bond donors (Lipinski definition) is 1. The Hall–Kier alpha value is -1.62. The number of amides is 1. The van der Waals surface area contributed by atoms with Gasteiger partial charge in [0.05, 0.1) is 13.1 Å². The number of halogens is 2. The molecular formula is C18H18Cl2N3O+. The first-order valence-electron chi connectivity index (χ1n) is 8.14. The van der Waals surface area contributed by atoms with E-state index >= 15 is 0 Å². The first-order chi connectivity index (χ1) is 11.6. The zero-order valence-electron chi connectivity index (χ0n) is 13.1. The van der Waals surface area contributed by atoms with Crippen LogP contribution in [0.3, 0.4) is 0 Å². The molecule has 0 saturated carbocycles. The molecule has 4 rings (SSSR count). The van der Waals surface area contributed by atoms with Gasteiger partial charge in [-0.2, -0.15) is 0 Å². The molecule has 0 bridgehead atoms. The molecule has 2 aliphatic heterocycles. The Morgan fingerprint density at radius 3 is 2.71 bits per heavy atom. The van der Waals surface area contributed by atoms with E-state index in [-0.39, 0.29) is 11.3 Å². The van der Waals surface area contributed by atoms with Gasteiger partial charge in [-0.1, -0.05) is 23.2 Å². The van der Waals surface area contributed by atoms with Gasteiger partial charge in [-0.25, -0.2) is 4.98 Å². The quantitative estimate of drug-likeness (QED) is 0.792. The van der Waals surface area contributed by atoms with Crippen LogP contribution in [0.5, 0.6) is 0 Å². The van der Waals surface area contributed by atoms with E-state index in [1.165, 1.54) is 5.56 Å². The number of benzene rings is 1. The van der Waals surface area contributed by atoms with Crippen LogP contribution in [0.15, 0.2) is 36.5 Å². The molecule has 1 saturated heterocycles. The minimum atomic E-state index is -0.0331. The van der Waals surface area contributed by atoms with Crippen molar-refractivity contribution in [2.24, 2.45) is 0 Å². The van der Waals surface area contributed by atoms with Crippen molar-refractivity contribution in [2.45, 2.75) is 18.3 Å². The number of aromatic nitrogens is 1. The molecule has 4 nitrogen and oxygen atoms in total. The fourth-order valence-corrected chi connectivity index (χ4v) is 4.31. The van der Waals surface area contributed by atoms with E-state index in [1.807, 2.05) is 23.1 Å². The number of carbonyl (C=O) groups excluding carboxylic acids is 1. The molecule has 6 heteroatoms. The monoisotopic (exact) mass is 362 g/mol. The summed E-state index contributed by atoms with van der Waals surface area (Å²) in [6.45, 7) is 2.86. The summed E-state index contributed by atoms with van der Waals surface area (Å²) in [6.07, 6.45) is 3.68. The second-order valence-corrected chi connectivity index (χ2v) is 7.39. The maximum Gasteiger partial charge on any atom is 0.258 e. The molecule has 1 amide bonds. The van der Waals surface area contributed by atoms with E-state index in [2.05, 4.69) is 10.3 Å². The molecule has 24 heavy (non-hydrogen) atoms. The Kier molecular flexibility index (Phi) is 3.99. The number of anilines is 1. The third kappa shape index (κ3) is 2.59. The van der Waals surface area contributed by atoms with Gasteiger partial charge in [0.2, 0.25) is 0 Å². The van der Waals surface area contributed by atoms with E-state index in [1.54, 1.807) is 18.3 Å². The maximum absolute atomic E-state index is 13.1. The molecule has 1 aromatic heterocycles. The van der Waals surface area contributed by atoms with E-state index in [0.717, 1.165) is 36.6 Å². The topological polar surface area (TPSA) is 49.8 Å². The molecule has 2 aliphatic rings. The van der Waals surface area contributed by atoms with E-state index < -0.39 is 0 Å². The van der Waals surface area contributed by atoms with Crippen molar-refractivity contribution in [3.8, 4) is 0 Å². The van der Waals surface area contributed by atoms with Gasteiger partial charge in [0.15, 0.2) is 0 Å². The second kappa shape index (κ2) is 6.03. The molecular weight excluding hydrogens is 345 g/mol. The van der Waals surface area contributed by atoms with Gasteiger partial charge in [-0.15, -0.1) is 0 Å². The van der Waals surface area contributed by atoms with Crippen LogP contribution < -0.4 is 10.2 Å². The standard InChI is InChI=1S/C18H17Cl2N3O/c19-13-1-2-15-14(10-13)18(4-7-21-8-5-18)11-23(15)17(24)12-3-6-22-16(20)9-12/h1-3,6,9-10,21H,4-5,7-8,11H2/p+1. The van der Waals surface area contributed by atoms with Crippen LogP contribution in [0.2, 0.25) is 10.2 Å². The molecule has 3 heterocycles. The summed E-state index contributed by atoms with van der Waals surface area (Å²) < 4.78 is 0. The van der Waals surface area contributed by atoms with Crippen LogP contribution in [-0.4, -0.2) is 30.5 Å². The summed E-state index contributed by atoms with van der Waals surface area (Å²) in [5.41, 5.74) is 2.76. The molecule has 0 atom stereocenters. The summed E-state index contributed by atoms with van der Waals surface area (Å²) in [7, 11) is 0. The Bertz CT molecular complexity index is 803. The summed E-state index contributed by atoms with van der Waals surface area (Å²) >= 11 is 12.2. The van der Waals surface area contributed by atoms with Crippen molar-refractivity contribution in [1.29, 1.82) is 0 Å². The van der Waals surface area contributed by atoms with E-state index in [9.17, 15) is 4.79 Å². The average molecular weight is 363 g/mol. The highest BCUT2D eigenvalue weighted by molar-refractivity contribution is 6.31. The normalized spacial score (nSPS) is 18.7. The number of quaternary nitrogens is 1. The lowest BCUT2D eigenvalue weighted by Crippen LogP contribution is -2.87. The smallest absolute Gasteiger partial charge is 0.258 e. The lowest BCUT2D eigenvalue weighted by Gasteiger charge is -2.32. The first kappa shape index (κ1) is 15.9. The highest BCUT2D eigenvalue weighted by Crippen LogP contribution is 2.46. The van der Waals surface area contributed by atoms with E-state index in [0.29, 0.717) is 17.3 Å². The number of rotatable bonds is 1. The van der Waals surface area contributed by atoms with Crippen LogP contribution in [-0.2, 0) is 5.41 Å². The van der Waals surface area contributed by atoms with Crippen molar-refractivity contribution >= 4 is 34.8 Å². The number of carbonyl (C=O) groups is 1. The Morgan fingerprint density at radius 1 is 1.17 bits per heavy atom. The second-order valence-electron chi connectivity index (χ2n) is 6.57. The maximum atomic E-state index is 13.1. The minimum Gasteiger partial charge on any atom is -0.346 e. The summed E-state index contributed by atoms with van der Waals surface area (Å²) in [5, 5.41) is 3.39. The van der Waals surface area contributed by atoms with Gasteiger partial charge in [0.25, 0.3) is 5.91 Å². The summed E-state index contributed by atoms with van der Waals surface area (Å²) in [4.78, 5) is 18.9. The van der Waals surface area contributed by atoms with Crippen LogP contribution in [0, 0.1) is 0 Å². The first-order valence-corrected chi connectivity index (χ1v) is 8.90. The highest BCUT2D eigenvalue weighted by atomic mass is 35.5. The van der Waals surface area contributed by atoms with Crippen molar-refractivity contribution in [3.63, 3.8) is 0 Å². The molecule has 0 unspecified atom stereocenters. The van der Waals surface area contributed by atoms with Crippen molar-refractivity contribution in [3.05, 3.63) is 57.8 Å². The van der Waals surface area contributed by atoms with Gasteiger partial charge in [-0.3, -0.25) is 4.79 Å². The molecule has 1 spiro atoms. The Balaban J connectivity index is 1.77. The highest BCUT2D eigenvalue weighted by Gasteiger charge is 2.46. The largest absolute Gasteiger partial charge is 0.346 e. The van der Waals surface area contributed by atoms with Gasteiger partial charge in [0, 0.05) is 47.3 Å². The van der Waals surface area contributed by atoms with Crippen LogP contribution in [0.1, 0.15) is 28.8 Å². The van der Waals surface area contributed by atoms with Gasteiger partial charge in [-0.05, 0) is 35.9 Å². The fraction of sp³-hybridized carbons (Fsp3) is 0.333. The van der Waals surface area contributed by atoms with Crippen molar-refractivity contribution in [2.75, 3.05) is 24.5 Å². The molecule has 1 fully saturated rings. The number of nitrogens with zero attached hydrogens (tertiary/aromatic N) is 2. The molecule has 2 aromatic rings. The number of fused-ring (bicyclic) bond motifs is 2. The number of pyridine rings is 1. The van der Waals surface area contributed by atoms with Crippen molar-refractivity contribution < 1.29 is 10.1 Å². The third-order valence-corrected chi connectivity index (χ3v) is 5.60. The molecule has 124 valence electrons. The van der Waals surface area contributed by atoms with Gasteiger partial charge >= 0.3 is 0 Å². The van der Waals surface area contributed by atoms with E-state index in [4.69, 9.17) is 23.2 Å². The summed E-state index contributed by atoms with van der Waals surface area (Å²) in [5.74, 6) is -0.0331. The predicted octanol–water partition coefficient (Wildman–Crippen LogP) is 2.64. The minimum absolute atomic E-state index is 0.0153. The van der Waals surface area contributed by atoms with Gasteiger partial charge < -0.3 is 10.2 Å². The lowest BCUT2D eigenvalue weighted by molar-refractivity contribution is -0.665.